The molecule has 2 aromatic rings. The first-order valence-corrected chi connectivity index (χ1v) is 6.94. The number of hydrogen-bond donors (Lipinski definition) is 2. The number of hydrogen-bond acceptors (Lipinski definition) is 5. The minimum Gasteiger partial charge on any atom is -0.395 e. The van der Waals surface area contributed by atoms with Gasteiger partial charge in [-0.25, -0.2) is 4.98 Å². The van der Waals surface area contributed by atoms with Crippen molar-refractivity contribution in [1.29, 1.82) is 0 Å². The van der Waals surface area contributed by atoms with Crippen LogP contribution in [-0.4, -0.2) is 23.5 Å². The van der Waals surface area contributed by atoms with Crippen molar-refractivity contribution in [2.24, 2.45) is 0 Å². The van der Waals surface area contributed by atoms with E-state index in [1.807, 2.05) is 23.3 Å². The van der Waals surface area contributed by atoms with E-state index in [9.17, 15) is 0 Å². The van der Waals surface area contributed by atoms with Gasteiger partial charge in [0.1, 0.15) is 5.52 Å². The molecule has 1 aromatic carbocycles. The second-order valence-corrected chi connectivity index (χ2v) is 5.02. The van der Waals surface area contributed by atoms with Gasteiger partial charge in [-0.15, -0.1) is 11.3 Å². The molecule has 3 nitrogen and oxygen atoms in total. The Balaban J connectivity index is 2.23. The fraction of sp³-hybridized carbons (Fsp3) is 0.300. The van der Waals surface area contributed by atoms with Crippen LogP contribution >= 0.6 is 23.1 Å². The summed E-state index contributed by atoms with van der Waals surface area (Å²) in [4.78, 5) is 4.26. The summed E-state index contributed by atoms with van der Waals surface area (Å²) >= 11 is 3.43. The molecule has 2 rings (SSSR count). The van der Waals surface area contributed by atoms with E-state index in [1.54, 1.807) is 11.3 Å². The molecule has 0 radical (unpaired) electrons. The largest absolute Gasteiger partial charge is 0.395 e. The molecule has 0 unspecified atom stereocenters. The third kappa shape index (κ3) is 2.18. The molecule has 0 atom stereocenters. The lowest BCUT2D eigenvalue weighted by molar-refractivity contribution is 1.23. The monoisotopic (exact) mass is 239 g/mol. The highest BCUT2D eigenvalue weighted by Gasteiger charge is 2.05. The third-order valence-electron chi connectivity index (χ3n) is 2.16. The Bertz CT molecular complexity index is 453. The van der Waals surface area contributed by atoms with E-state index >= 15 is 0 Å². The number of anilines is 2. The summed E-state index contributed by atoms with van der Waals surface area (Å²) in [5, 5.41) is 3.31. The zero-order chi connectivity index (χ0) is 10.7. The summed E-state index contributed by atoms with van der Waals surface area (Å²) in [5.41, 5.74) is 10.5. The number of fused-ring (bicyclic) bond motifs is 1. The Kier molecular flexibility index (Phi) is 3.33. The van der Waals surface area contributed by atoms with Gasteiger partial charge in [0, 0.05) is 12.3 Å². The molecule has 0 aliphatic rings. The summed E-state index contributed by atoms with van der Waals surface area (Å²) < 4.78 is 1.14. The van der Waals surface area contributed by atoms with Crippen LogP contribution in [0, 0.1) is 0 Å². The van der Waals surface area contributed by atoms with Crippen LogP contribution in [0.25, 0.3) is 10.2 Å². The predicted molar refractivity (Wildman–Crippen MR) is 70.9 cm³/mol. The van der Waals surface area contributed by atoms with E-state index < -0.39 is 0 Å². The van der Waals surface area contributed by atoms with Crippen molar-refractivity contribution in [3.63, 3.8) is 0 Å². The van der Waals surface area contributed by atoms with Crippen LogP contribution in [0.1, 0.15) is 0 Å². The van der Waals surface area contributed by atoms with Crippen molar-refractivity contribution in [2.45, 2.75) is 0 Å². The van der Waals surface area contributed by atoms with Crippen molar-refractivity contribution in [2.75, 3.05) is 29.6 Å². The molecule has 0 saturated carbocycles. The highest BCUT2D eigenvalue weighted by atomic mass is 32.2. The molecule has 0 saturated heterocycles. The molecule has 0 aliphatic carbocycles. The normalized spacial score (nSPS) is 10.7. The maximum Gasteiger partial charge on any atom is 0.106 e. The molecule has 0 bridgehead atoms. The van der Waals surface area contributed by atoms with Crippen LogP contribution in [0.4, 0.5) is 11.4 Å². The average molecular weight is 239 g/mol. The van der Waals surface area contributed by atoms with Gasteiger partial charge in [0.05, 0.1) is 21.6 Å². The molecule has 0 spiro atoms. The summed E-state index contributed by atoms with van der Waals surface area (Å²) in [7, 11) is 0. The molecule has 3 N–H and O–H groups in total. The molecule has 80 valence electrons. The first kappa shape index (κ1) is 10.6. The number of nitrogen functional groups attached to an aromatic ring is 1. The fourth-order valence-corrected chi connectivity index (χ4v) is 2.39. The molecule has 0 fully saturated rings. The van der Waals surface area contributed by atoms with Crippen molar-refractivity contribution < 1.29 is 0 Å². The van der Waals surface area contributed by atoms with Gasteiger partial charge in [-0.3, -0.25) is 0 Å². The molecule has 5 heteroatoms. The standard InChI is InChI=1S/C10H13N3S2/c1-14-5-4-12-7-2-3-8-10(9(7)11)13-6-15-8/h2-3,6,12H,4-5,11H2,1H3. The van der Waals surface area contributed by atoms with Crippen LogP contribution in [0.3, 0.4) is 0 Å². The van der Waals surface area contributed by atoms with Gasteiger partial charge < -0.3 is 11.1 Å². The Morgan fingerprint density at radius 3 is 3.20 bits per heavy atom. The van der Waals surface area contributed by atoms with Crippen LogP contribution in [0.2, 0.25) is 0 Å². The minimum absolute atomic E-state index is 0.759. The van der Waals surface area contributed by atoms with Gasteiger partial charge in [-0.1, -0.05) is 0 Å². The first-order chi connectivity index (χ1) is 7.33. The van der Waals surface area contributed by atoms with Crippen LogP contribution in [-0.2, 0) is 0 Å². The zero-order valence-electron chi connectivity index (χ0n) is 8.49. The van der Waals surface area contributed by atoms with Gasteiger partial charge in [-0.05, 0) is 18.4 Å². The highest BCUT2D eigenvalue weighted by Crippen LogP contribution is 2.29. The molecule has 1 heterocycles. The van der Waals surface area contributed by atoms with Crippen molar-refractivity contribution >= 4 is 44.7 Å². The number of thiazole rings is 1. The second kappa shape index (κ2) is 4.72. The van der Waals surface area contributed by atoms with Crippen LogP contribution < -0.4 is 11.1 Å². The molecule has 1 aromatic heterocycles. The topological polar surface area (TPSA) is 50.9 Å². The lowest BCUT2D eigenvalue weighted by atomic mass is 10.2. The van der Waals surface area contributed by atoms with Crippen LogP contribution in [0.5, 0.6) is 0 Å². The highest BCUT2D eigenvalue weighted by molar-refractivity contribution is 7.98. The minimum atomic E-state index is 0.759. The second-order valence-electron chi connectivity index (χ2n) is 3.15. The van der Waals surface area contributed by atoms with Crippen molar-refractivity contribution in [1.82, 2.24) is 4.98 Å². The van der Waals surface area contributed by atoms with Gasteiger partial charge >= 0.3 is 0 Å². The summed E-state index contributed by atoms with van der Waals surface area (Å²) in [6.45, 7) is 0.932. The average Bonchev–Trinajstić information content (AvgIpc) is 2.70. The molecular formula is C10H13N3S2. The number of aromatic nitrogens is 1. The van der Waals surface area contributed by atoms with Gasteiger partial charge in [0.2, 0.25) is 0 Å². The molecule has 0 aliphatic heterocycles. The van der Waals surface area contributed by atoms with Crippen molar-refractivity contribution in [3.8, 4) is 0 Å². The Hall–Kier alpha value is -0.940. The predicted octanol–water partition coefficient (Wildman–Crippen LogP) is 2.65. The summed E-state index contributed by atoms with van der Waals surface area (Å²) in [6.07, 6.45) is 2.09. The number of rotatable bonds is 4. The number of thioether (sulfide) groups is 1. The molecule has 15 heavy (non-hydrogen) atoms. The first-order valence-electron chi connectivity index (χ1n) is 4.67. The quantitative estimate of drug-likeness (QED) is 0.636. The number of nitrogens with one attached hydrogen (secondary N) is 1. The lowest BCUT2D eigenvalue weighted by Gasteiger charge is -2.08. The summed E-state index contributed by atoms with van der Waals surface area (Å²) in [6, 6.07) is 4.08. The number of nitrogens with two attached hydrogens (primary N) is 1. The maximum absolute atomic E-state index is 6.02. The van der Waals surface area contributed by atoms with E-state index in [0.29, 0.717) is 0 Å². The maximum atomic E-state index is 6.02. The molecular weight excluding hydrogens is 226 g/mol. The number of benzene rings is 1. The smallest absolute Gasteiger partial charge is 0.106 e. The van der Waals surface area contributed by atoms with Crippen LogP contribution in [0.15, 0.2) is 17.6 Å². The fourth-order valence-electron chi connectivity index (χ4n) is 1.39. The number of nitrogens with zero attached hydrogens (tertiary/aromatic N) is 1. The van der Waals surface area contributed by atoms with Gasteiger partial charge in [0.25, 0.3) is 0 Å². The van der Waals surface area contributed by atoms with E-state index in [2.05, 4.69) is 22.6 Å². The van der Waals surface area contributed by atoms with E-state index in [4.69, 9.17) is 5.73 Å². The van der Waals surface area contributed by atoms with E-state index in [0.717, 1.165) is 33.9 Å². The zero-order valence-corrected chi connectivity index (χ0v) is 10.1. The van der Waals surface area contributed by atoms with Gasteiger partial charge in [0.15, 0.2) is 0 Å². The van der Waals surface area contributed by atoms with E-state index in [-0.39, 0.29) is 0 Å². The third-order valence-corrected chi connectivity index (χ3v) is 3.57. The Morgan fingerprint density at radius 1 is 1.53 bits per heavy atom. The Labute approximate surface area is 97.1 Å². The molecule has 0 amide bonds. The Morgan fingerprint density at radius 2 is 2.40 bits per heavy atom. The SMILES string of the molecule is CSCCNc1ccc2scnc2c1N. The lowest BCUT2D eigenvalue weighted by Crippen LogP contribution is -2.06. The van der Waals surface area contributed by atoms with E-state index in [1.165, 1.54) is 0 Å². The van der Waals surface area contributed by atoms with Crippen molar-refractivity contribution in [3.05, 3.63) is 17.6 Å². The van der Waals surface area contributed by atoms with Gasteiger partial charge in [-0.2, -0.15) is 11.8 Å². The summed E-state index contributed by atoms with van der Waals surface area (Å²) in [5.74, 6) is 1.08.